The topological polar surface area (TPSA) is 51.6 Å². The van der Waals surface area contributed by atoms with Crippen molar-refractivity contribution in [3.63, 3.8) is 0 Å². The Morgan fingerprint density at radius 3 is 2.93 bits per heavy atom. The van der Waals surface area contributed by atoms with Crippen molar-refractivity contribution in [1.82, 2.24) is 4.98 Å². The number of hydrogen-bond donors (Lipinski definition) is 1. The van der Waals surface area contributed by atoms with E-state index in [4.69, 9.17) is 14.6 Å². The van der Waals surface area contributed by atoms with Crippen LogP contribution < -0.4 is 4.74 Å². The van der Waals surface area contributed by atoms with Gasteiger partial charge in [0.1, 0.15) is 6.61 Å². The number of pyridine rings is 1. The van der Waals surface area contributed by atoms with E-state index >= 15 is 0 Å². The van der Waals surface area contributed by atoms with Crippen molar-refractivity contribution in [2.75, 3.05) is 20.3 Å². The summed E-state index contributed by atoms with van der Waals surface area (Å²) in [4.78, 5) is 3.69. The van der Waals surface area contributed by atoms with Gasteiger partial charge in [0, 0.05) is 18.9 Å². The molecule has 0 aromatic carbocycles. The molecule has 0 saturated heterocycles. The van der Waals surface area contributed by atoms with E-state index < -0.39 is 5.82 Å². The number of ether oxygens (including phenoxy) is 2. The summed E-state index contributed by atoms with van der Waals surface area (Å²) in [6.45, 7) is 0.231. The fraction of sp³-hybridized carbons (Fsp3) is 0.444. The summed E-state index contributed by atoms with van der Waals surface area (Å²) in [5.74, 6) is -0.722. The Bertz CT molecular complexity index is 293. The second kappa shape index (κ2) is 5.51. The molecule has 5 heteroatoms. The Kier molecular flexibility index (Phi) is 4.28. The van der Waals surface area contributed by atoms with Gasteiger partial charge in [-0.3, -0.25) is 0 Å². The molecule has 0 amide bonds. The lowest BCUT2D eigenvalue weighted by Gasteiger charge is -2.06. The molecular formula is C9H12FNO3. The summed E-state index contributed by atoms with van der Waals surface area (Å²) < 4.78 is 23.0. The maximum atomic E-state index is 13.3. The zero-order chi connectivity index (χ0) is 10.4. The van der Waals surface area contributed by atoms with Crippen LogP contribution in [0.3, 0.4) is 0 Å². The van der Waals surface area contributed by atoms with Crippen LogP contribution in [0.5, 0.6) is 5.88 Å². The van der Waals surface area contributed by atoms with Gasteiger partial charge in [-0.25, -0.2) is 9.37 Å². The van der Waals surface area contributed by atoms with Gasteiger partial charge < -0.3 is 14.6 Å². The molecule has 1 aromatic heterocycles. The molecular weight excluding hydrogens is 189 g/mol. The van der Waals surface area contributed by atoms with Crippen molar-refractivity contribution >= 4 is 0 Å². The third-order valence-electron chi connectivity index (χ3n) is 1.63. The number of aliphatic hydroxyl groups is 1. The Morgan fingerprint density at radius 1 is 1.50 bits per heavy atom. The minimum Gasteiger partial charge on any atom is -0.473 e. The number of aliphatic hydroxyl groups excluding tert-OH is 1. The number of halogens is 1. The highest BCUT2D eigenvalue weighted by Gasteiger charge is 2.09. The summed E-state index contributed by atoms with van der Waals surface area (Å²) in [6, 6.07) is 1.40. The standard InChI is InChI=1S/C9H12FNO3/c1-13-4-5-14-9-8(10)7(6-12)2-3-11-9/h2-3,12H,4-6H2,1H3. The zero-order valence-electron chi connectivity index (χ0n) is 7.86. The lowest BCUT2D eigenvalue weighted by atomic mass is 10.3. The molecule has 0 unspecified atom stereocenters. The molecule has 1 heterocycles. The lowest BCUT2D eigenvalue weighted by Crippen LogP contribution is -2.07. The maximum Gasteiger partial charge on any atom is 0.250 e. The van der Waals surface area contributed by atoms with Crippen molar-refractivity contribution in [2.24, 2.45) is 0 Å². The molecule has 0 aliphatic rings. The highest BCUT2D eigenvalue weighted by Crippen LogP contribution is 2.16. The van der Waals surface area contributed by atoms with E-state index in [0.717, 1.165) is 0 Å². The molecule has 4 nitrogen and oxygen atoms in total. The molecule has 78 valence electrons. The molecule has 1 N–H and O–H groups in total. The van der Waals surface area contributed by atoms with Crippen molar-refractivity contribution in [2.45, 2.75) is 6.61 Å². The predicted octanol–water partition coefficient (Wildman–Crippen LogP) is 0.738. The molecule has 1 aromatic rings. The Labute approximate surface area is 81.3 Å². The highest BCUT2D eigenvalue weighted by molar-refractivity contribution is 5.22. The van der Waals surface area contributed by atoms with Crippen LogP contribution in [0.2, 0.25) is 0 Å². The van der Waals surface area contributed by atoms with Gasteiger partial charge >= 0.3 is 0 Å². The quantitative estimate of drug-likeness (QED) is 0.714. The summed E-state index contributed by atoms with van der Waals surface area (Å²) in [5, 5.41) is 8.77. The second-order valence-corrected chi connectivity index (χ2v) is 2.59. The molecule has 0 aliphatic heterocycles. The molecule has 0 spiro atoms. The molecule has 0 aliphatic carbocycles. The van der Waals surface area contributed by atoms with E-state index in [2.05, 4.69) is 4.98 Å². The molecule has 0 fully saturated rings. The van der Waals surface area contributed by atoms with Crippen LogP contribution >= 0.6 is 0 Å². The van der Waals surface area contributed by atoms with Crippen molar-refractivity contribution < 1.29 is 19.0 Å². The van der Waals surface area contributed by atoms with Gasteiger partial charge in [0.05, 0.1) is 13.2 Å². The molecule has 1 rings (SSSR count). The van der Waals surface area contributed by atoms with Crippen molar-refractivity contribution in [3.05, 3.63) is 23.6 Å². The van der Waals surface area contributed by atoms with Crippen LogP contribution in [0.15, 0.2) is 12.3 Å². The van der Waals surface area contributed by atoms with Gasteiger partial charge in [0.2, 0.25) is 0 Å². The maximum absolute atomic E-state index is 13.3. The normalized spacial score (nSPS) is 10.2. The summed E-state index contributed by atoms with van der Waals surface area (Å²) in [6.07, 6.45) is 1.39. The SMILES string of the molecule is COCCOc1nccc(CO)c1F. The molecule has 0 bridgehead atoms. The molecule has 0 saturated carbocycles. The number of rotatable bonds is 5. The molecule has 0 atom stereocenters. The van der Waals surface area contributed by atoms with Crippen molar-refractivity contribution in [3.8, 4) is 5.88 Å². The minimum absolute atomic E-state index is 0.103. The Morgan fingerprint density at radius 2 is 2.29 bits per heavy atom. The fourth-order valence-electron chi connectivity index (χ4n) is 0.907. The number of hydrogen-bond acceptors (Lipinski definition) is 4. The van der Waals surface area contributed by atoms with E-state index in [1.54, 1.807) is 0 Å². The average molecular weight is 201 g/mol. The zero-order valence-corrected chi connectivity index (χ0v) is 7.86. The predicted molar refractivity (Wildman–Crippen MR) is 47.5 cm³/mol. The smallest absolute Gasteiger partial charge is 0.250 e. The van der Waals surface area contributed by atoms with E-state index in [1.165, 1.54) is 19.4 Å². The summed E-state index contributed by atoms with van der Waals surface area (Å²) in [7, 11) is 1.53. The first-order chi connectivity index (χ1) is 6.79. The van der Waals surface area contributed by atoms with Crippen LogP contribution in [-0.2, 0) is 11.3 Å². The summed E-state index contributed by atoms with van der Waals surface area (Å²) >= 11 is 0. The number of nitrogens with zero attached hydrogens (tertiary/aromatic N) is 1. The van der Waals surface area contributed by atoms with Gasteiger partial charge in [-0.1, -0.05) is 0 Å². The fourth-order valence-corrected chi connectivity index (χ4v) is 0.907. The van der Waals surface area contributed by atoms with Gasteiger partial charge in [0.25, 0.3) is 5.88 Å². The van der Waals surface area contributed by atoms with Crippen LogP contribution in [0.4, 0.5) is 4.39 Å². The largest absolute Gasteiger partial charge is 0.473 e. The van der Waals surface area contributed by atoms with Crippen LogP contribution in [0.1, 0.15) is 5.56 Å². The van der Waals surface area contributed by atoms with E-state index in [-0.39, 0.29) is 24.7 Å². The third kappa shape index (κ3) is 2.65. The van der Waals surface area contributed by atoms with E-state index in [9.17, 15) is 4.39 Å². The summed E-state index contributed by atoms with van der Waals surface area (Å²) in [5.41, 5.74) is 0.174. The monoisotopic (exact) mass is 201 g/mol. The lowest BCUT2D eigenvalue weighted by molar-refractivity contribution is 0.140. The van der Waals surface area contributed by atoms with Crippen molar-refractivity contribution in [1.29, 1.82) is 0 Å². The first-order valence-corrected chi connectivity index (χ1v) is 4.15. The Balaban J connectivity index is 2.66. The van der Waals surface area contributed by atoms with Gasteiger partial charge in [-0.15, -0.1) is 0 Å². The molecule has 14 heavy (non-hydrogen) atoms. The molecule has 0 radical (unpaired) electrons. The Hall–Kier alpha value is -1.20. The van der Waals surface area contributed by atoms with Gasteiger partial charge in [-0.05, 0) is 6.07 Å². The number of aromatic nitrogens is 1. The average Bonchev–Trinajstić information content (AvgIpc) is 2.21. The highest BCUT2D eigenvalue weighted by atomic mass is 19.1. The second-order valence-electron chi connectivity index (χ2n) is 2.59. The number of methoxy groups -OCH3 is 1. The van der Waals surface area contributed by atoms with E-state index in [0.29, 0.717) is 6.61 Å². The third-order valence-corrected chi connectivity index (χ3v) is 1.63. The van der Waals surface area contributed by atoms with Crippen LogP contribution in [0.25, 0.3) is 0 Å². The van der Waals surface area contributed by atoms with E-state index in [1.807, 2.05) is 0 Å². The van der Waals surface area contributed by atoms with Gasteiger partial charge in [0.15, 0.2) is 5.82 Å². The first-order valence-electron chi connectivity index (χ1n) is 4.15. The minimum atomic E-state index is -0.619. The van der Waals surface area contributed by atoms with Crippen LogP contribution in [-0.4, -0.2) is 30.4 Å². The van der Waals surface area contributed by atoms with Crippen LogP contribution in [0, 0.1) is 5.82 Å². The first kappa shape index (κ1) is 10.9. The van der Waals surface area contributed by atoms with Gasteiger partial charge in [-0.2, -0.15) is 0 Å².